The van der Waals surface area contributed by atoms with Crippen molar-refractivity contribution in [3.05, 3.63) is 17.6 Å². The van der Waals surface area contributed by atoms with Crippen LogP contribution in [0.4, 0.5) is 5.82 Å². The molecule has 5 heteroatoms. The number of nitrogens with zero attached hydrogens (tertiary/aromatic N) is 3. The van der Waals surface area contributed by atoms with Crippen LogP contribution >= 0.6 is 0 Å². The van der Waals surface area contributed by atoms with Crippen LogP contribution in [0.5, 0.6) is 0 Å². The number of fused-ring (bicyclic) bond motifs is 1. The van der Waals surface area contributed by atoms with Crippen molar-refractivity contribution in [3.8, 4) is 0 Å². The molecule has 104 valence electrons. The fraction of sp³-hybridized carbons (Fsp3) is 0.714. The lowest BCUT2D eigenvalue weighted by Gasteiger charge is -2.34. The molecular weight excluding hydrogens is 240 g/mol. The van der Waals surface area contributed by atoms with E-state index in [2.05, 4.69) is 28.7 Å². The van der Waals surface area contributed by atoms with Crippen molar-refractivity contribution in [1.29, 1.82) is 0 Å². The van der Waals surface area contributed by atoms with E-state index in [4.69, 9.17) is 10.5 Å². The van der Waals surface area contributed by atoms with Crippen LogP contribution in [0.2, 0.25) is 0 Å². The second-order valence-corrected chi connectivity index (χ2v) is 5.84. The van der Waals surface area contributed by atoms with E-state index in [1.165, 1.54) is 19.4 Å². The highest BCUT2D eigenvalue weighted by atomic mass is 16.5. The van der Waals surface area contributed by atoms with E-state index in [0.717, 1.165) is 24.7 Å². The maximum absolute atomic E-state index is 5.95. The van der Waals surface area contributed by atoms with E-state index in [0.29, 0.717) is 17.8 Å². The summed E-state index contributed by atoms with van der Waals surface area (Å²) in [5, 5.41) is 0. The maximum Gasteiger partial charge on any atom is 0.161 e. The average molecular weight is 262 g/mol. The summed E-state index contributed by atoms with van der Waals surface area (Å²) in [5.41, 5.74) is 6.89. The van der Waals surface area contributed by atoms with Gasteiger partial charge in [0.2, 0.25) is 0 Å². The van der Waals surface area contributed by atoms with Crippen LogP contribution in [0, 0.1) is 0 Å². The number of hydrogen-bond donors (Lipinski definition) is 1. The Morgan fingerprint density at radius 2 is 2.26 bits per heavy atom. The zero-order valence-corrected chi connectivity index (χ0v) is 11.7. The minimum Gasteiger partial charge on any atom is -0.384 e. The first-order valence-electron chi connectivity index (χ1n) is 7.13. The Labute approximate surface area is 114 Å². The lowest BCUT2D eigenvalue weighted by molar-refractivity contribution is -0.0541. The van der Waals surface area contributed by atoms with Crippen molar-refractivity contribution in [2.75, 3.05) is 25.4 Å². The number of nitrogens with two attached hydrogens (primary N) is 1. The largest absolute Gasteiger partial charge is 0.384 e. The average Bonchev–Trinajstić information content (AvgIpc) is 2.85. The Morgan fingerprint density at radius 3 is 3.05 bits per heavy atom. The summed E-state index contributed by atoms with van der Waals surface area (Å²) in [6.45, 7) is 7.09. The molecule has 1 aromatic heterocycles. The molecule has 2 aliphatic rings. The fourth-order valence-corrected chi connectivity index (χ4v) is 2.92. The molecule has 0 aromatic carbocycles. The third kappa shape index (κ3) is 2.58. The molecule has 2 unspecified atom stereocenters. The minimum atomic E-state index is -0.0321. The summed E-state index contributed by atoms with van der Waals surface area (Å²) in [7, 11) is 0. The molecular formula is C14H22N4O. The summed E-state index contributed by atoms with van der Waals surface area (Å²) in [6, 6.07) is 2.46. The highest BCUT2D eigenvalue weighted by Gasteiger charge is 2.34. The van der Waals surface area contributed by atoms with Gasteiger partial charge in [-0.05, 0) is 25.3 Å². The van der Waals surface area contributed by atoms with Crippen LogP contribution in [0.3, 0.4) is 0 Å². The number of nitrogen functional groups attached to an aromatic ring is 1. The number of ether oxygens (including phenoxy) is 1. The van der Waals surface area contributed by atoms with Crippen molar-refractivity contribution >= 4 is 5.82 Å². The summed E-state index contributed by atoms with van der Waals surface area (Å²) in [5.74, 6) is 1.64. The SMILES string of the molecule is CC(C)c1cc(N)nc(C2CN3CCCC3CO2)n1. The first-order valence-corrected chi connectivity index (χ1v) is 7.13. The van der Waals surface area contributed by atoms with Gasteiger partial charge >= 0.3 is 0 Å². The monoisotopic (exact) mass is 262 g/mol. The third-order valence-electron chi connectivity index (χ3n) is 4.05. The number of hydrogen-bond acceptors (Lipinski definition) is 5. The van der Waals surface area contributed by atoms with E-state index in [1.54, 1.807) is 0 Å². The molecule has 2 fully saturated rings. The lowest BCUT2D eigenvalue weighted by atomic mass is 10.1. The molecule has 0 spiro atoms. The maximum atomic E-state index is 5.95. The standard InChI is InChI=1S/C14H22N4O/c1-9(2)11-6-13(15)17-14(16-11)12-7-18-5-3-4-10(18)8-19-12/h6,9-10,12H,3-5,7-8H2,1-2H3,(H2,15,16,17). The molecule has 5 nitrogen and oxygen atoms in total. The third-order valence-corrected chi connectivity index (χ3v) is 4.05. The number of rotatable bonds is 2. The zero-order valence-electron chi connectivity index (χ0n) is 11.7. The van der Waals surface area contributed by atoms with E-state index >= 15 is 0 Å². The van der Waals surface area contributed by atoms with E-state index in [9.17, 15) is 0 Å². The quantitative estimate of drug-likeness (QED) is 0.879. The highest BCUT2D eigenvalue weighted by Crippen LogP contribution is 2.29. The molecule has 2 saturated heterocycles. The Balaban J connectivity index is 1.81. The molecule has 2 N–H and O–H groups in total. The molecule has 0 bridgehead atoms. The summed E-state index contributed by atoms with van der Waals surface area (Å²) in [4.78, 5) is 11.5. The van der Waals surface area contributed by atoms with Gasteiger partial charge in [0.25, 0.3) is 0 Å². The molecule has 0 amide bonds. The normalized spacial score (nSPS) is 27.7. The molecule has 1 aromatic rings. The molecule has 3 rings (SSSR count). The molecule has 2 atom stereocenters. The van der Waals surface area contributed by atoms with Gasteiger partial charge in [0, 0.05) is 24.3 Å². The Kier molecular flexibility index (Phi) is 3.41. The van der Waals surface area contributed by atoms with Crippen LogP contribution in [0.15, 0.2) is 6.07 Å². The van der Waals surface area contributed by atoms with Crippen LogP contribution in [-0.4, -0.2) is 40.6 Å². The first-order chi connectivity index (χ1) is 9.13. The van der Waals surface area contributed by atoms with Gasteiger partial charge in [-0.3, -0.25) is 4.90 Å². The molecule has 0 saturated carbocycles. The fourth-order valence-electron chi connectivity index (χ4n) is 2.92. The predicted molar refractivity (Wildman–Crippen MR) is 73.8 cm³/mol. The van der Waals surface area contributed by atoms with Gasteiger partial charge in [-0.1, -0.05) is 13.8 Å². The second kappa shape index (κ2) is 5.06. The van der Waals surface area contributed by atoms with Gasteiger partial charge in [0.1, 0.15) is 11.9 Å². The van der Waals surface area contributed by atoms with Gasteiger partial charge < -0.3 is 10.5 Å². The van der Waals surface area contributed by atoms with Gasteiger partial charge in [-0.25, -0.2) is 9.97 Å². The number of morpholine rings is 1. The van der Waals surface area contributed by atoms with Crippen LogP contribution in [0.1, 0.15) is 50.2 Å². The summed E-state index contributed by atoms with van der Waals surface area (Å²) >= 11 is 0. The molecule has 2 aliphatic heterocycles. The highest BCUT2D eigenvalue weighted by molar-refractivity contribution is 5.31. The predicted octanol–water partition coefficient (Wildman–Crippen LogP) is 1.72. The van der Waals surface area contributed by atoms with Crippen LogP contribution < -0.4 is 5.73 Å². The van der Waals surface area contributed by atoms with Crippen molar-refractivity contribution in [3.63, 3.8) is 0 Å². The van der Waals surface area contributed by atoms with E-state index in [-0.39, 0.29) is 6.10 Å². The molecule has 19 heavy (non-hydrogen) atoms. The van der Waals surface area contributed by atoms with Gasteiger partial charge in [0.05, 0.1) is 6.61 Å². The van der Waals surface area contributed by atoms with Gasteiger partial charge in [-0.15, -0.1) is 0 Å². The Hall–Kier alpha value is -1.20. The van der Waals surface area contributed by atoms with Crippen molar-refractivity contribution in [1.82, 2.24) is 14.9 Å². The summed E-state index contributed by atoms with van der Waals surface area (Å²) in [6.07, 6.45) is 2.49. The Bertz CT molecular complexity index is 463. The smallest absolute Gasteiger partial charge is 0.161 e. The topological polar surface area (TPSA) is 64.3 Å². The van der Waals surface area contributed by atoms with Crippen LogP contribution in [0.25, 0.3) is 0 Å². The van der Waals surface area contributed by atoms with Crippen molar-refractivity contribution < 1.29 is 4.74 Å². The summed E-state index contributed by atoms with van der Waals surface area (Å²) < 4.78 is 5.95. The van der Waals surface area contributed by atoms with Gasteiger partial charge in [0.15, 0.2) is 5.82 Å². The van der Waals surface area contributed by atoms with Gasteiger partial charge in [-0.2, -0.15) is 0 Å². The molecule has 0 aliphatic carbocycles. The molecule has 0 radical (unpaired) electrons. The van der Waals surface area contributed by atoms with Crippen molar-refractivity contribution in [2.24, 2.45) is 0 Å². The number of aromatic nitrogens is 2. The van der Waals surface area contributed by atoms with Crippen LogP contribution in [-0.2, 0) is 4.74 Å². The van der Waals surface area contributed by atoms with E-state index in [1.807, 2.05) is 6.07 Å². The van der Waals surface area contributed by atoms with E-state index < -0.39 is 0 Å². The second-order valence-electron chi connectivity index (χ2n) is 5.84. The lowest BCUT2D eigenvalue weighted by Crippen LogP contribution is -2.43. The number of anilines is 1. The first kappa shape index (κ1) is 12.8. The Morgan fingerprint density at radius 1 is 1.42 bits per heavy atom. The minimum absolute atomic E-state index is 0.0321. The zero-order chi connectivity index (χ0) is 13.4. The molecule has 3 heterocycles. The van der Waals surface area contributed by atoms with Crippen molar-refractivity contribution in [2.45, 2.75) is 44.8 Å².